The topological polar surface area (TPSA) is 81.5 Å². The number of esters is 1. The van der Waals surface area contributed by atoms with E-state index in [0.29, 0.717) is 11.3 Å². The summed E-state index contributed by atoms with van der Waals surface area (Å²) in [6.45, 7) is 0.133. The van der Waals surface area contributed by atoms with Crippen LogP contribution in [-0.2, 0) is 11.3 Å². The lowest BCUT2D eigenvalue weighted by Crippen LogP contribution is -2.06. The number of methoxy groups -OCH3 is 1. The van der Waals surface area contributed by atoms with Gasteiger partial charge in [-0.2, -0.15) is 0 Å². The average Bonchev–Trinajstić information content (AvgIpc) is 2.53. The molecule has 0 spiro atoms. The van der Waals surface area contributed by atoms with E-state index in [2.05, 4.69) is 10.1 Å². The van der Waals surface area contributed by atoms with Gasteiger partial charge >= 0.3 is 5.97 Å². The lowest BCUT2D eigenvalue weighted by atomic mass is 10.1. The molecule has 0 atom stereocenters. The number of hydrogen-bond acceptors (Lipinski definition) is 5. The average molecular weight is 304 g/mol. The Labute approximate surface area is 125 Å². The summed E-state index contributed by atoms with van der Waals surface area (Å²) in [7, 11) is 1.25. The number of non-ortho nitro benzene ring substituents is 1. The molecule has 0 saturated carbocycles. The first kappa shape index (κ1) is 15.4. The number of hydrogen-bond donors (Lipinski definition) is 1. The zero-order chi connectivity index (χ0) is 16.1. The van der Waals surface area contributed by atoms with Gasteiger partial charge in [-0.25, -0.2) is 9.18 Å². The molecule has 0 saturated heterocycles. The molecule has 0 unspecified atom stereocenters. The van der Waals surface area contributed by atoms with Gasteiger partial charge in [0.25, 0.3) is 5.69 Å². The third kappa shape index (κ3) is 3.57. The van der Waals surface area contributed by atoms with Gasteiger partial charge in [0.1, 0.15) is 5.82 Å². The molecule has 0 fully saturated rings. The Morgan fingerprint density at radius 3 is 2.55 bits per heavy atom. The SMILES string of the molecule is COC(=O)c1ccc(F)c(CNc2ccc([N+](=O)[O-])cc2)c1. The summed E-state index contributed by atoms with van der Waals surface area (Å²) in [4.78, 5) is 21.5. The Kier molecular flexibility index (Phi) is 4.67. The molecule has 7 heteroatoms. The molecule has 2 rings (SSSR count). The van der Waals surface area contributed by atoms with Crippen molar-refractivity contribution in [3.8, 4) is 0 Å². The molecule has 0 radical (unpaired) electrons. The van der Waals surface area contributed by atoms with Gasteiger partial charge < -0.3 is 10.1 Å². The number of anilines is 1. The van der Waals surface area contributed by atoms with E-state index < -0.39 is 16.7 Å². The lowest BCUT2D eigenvalue weighted by Gasteiger charge is -2.09. The minimum atomic E-state index is -0.545. The summed E-state index contributed by atoms with van der Waals surface area (Å²) in [5.74, 6) is -1.00. The van der Waals surface area contributed by atoms with Gasteiger partial charge in [-0.1, -0.05) is 0 Å². The summed E-state index contributed by atoms with van der Waals surface area (Å²) in [5.41, 5.74) is 1.13. The zero-order valence-electron chi connectivity index (χ0n) is 11.7. The monoisotopic (exact) mass is 304 g/mol. The predicted octanol–water partition coefficient (Wildman–Crippen LogP) is 3.13. The van der Waals surface area contributed by atoms with E-state index in [9.17, 15) is 19.3 Å². The number of nitrogens with zero attached hydrogens (tertiary/aromatic N) is 1. The molecule has 0 aliphatic heterocycles. The third-order valence-electron chi connectivity index (χ3n) is 3.03. The fraction of sp³-hybridized carbons (Fsp3) is 0.133. The lowest BCUT2D eigenvalue weighted by molar-refractivity contribution is -0.384. The molecule has 0 aliphatic rings. The predicted molar refractivity (Wildman–Crippen MR) is 78.2 cm³/mol. The van der Waals surface area contributed by atoms with Gasteiger partial charge in [0.05, 0.1) is 17.6 Å². The Morgan fingerprint density at radius 2 is 1.95 bits per heavy atom. The summed E-state index contributed by atoms with van der Waals surface area (Å²) in [6.07, 6.45) is 0. The van der Waals surface area contributed by atoms with Crippen LogP contribution in [0.2, 0.25) is 0 Å². The third-order valence-corrected chi connectivity index (χ3v) is 3.03. The van der Waals surface area contributed by atoms with Crippen LogP contribution in [0.15, 0.2) is 42.5 Å². The van der Waals surface area contributed by atoms with Gasteiger partial charge in [-0.3, -0.25) is 10.1 Å². The summed E-state index contributed by atoms with van der Waals surface area (Å²) >= 11 is 0. The van der Waals surface area contributed by atoms with Crippen LogP contribution < -0.4 is 5.32 Å². The van der Waals surface area contributed by atoms with Gasteiger partial charge in [0.2, 0.25) is 0 Å². The smallest absolute Gasteiger partial charge is 0.337 e. The number of rotatable bonds is 5. The van der Waals surface area contributed by atoms with Crippen LogP contribution in [0.25, 0.3) is 0 Å². The highest BCUT2D eigenvalue weighted by Crippen LogP contribution is 2.18. The van der Waals surface area contributed by atoms with Crippen LogP contribution in [0, 0.1) is 15.9 Å². The molecule has 114 valence electrons. The molecule has 1 N–H and O–H groups in total. The number of carbonyl (C=O) groups is 1. The standard InChI is InChI=1S/C15H13FN2O4/c1-22-15(19)10-2-7-14(16)11(8-10)9-17-12-3-5-13(6-4-12)18(20)21/h2-8,17H,9H2,1H3. The number of nitrogens with one attached hydrogen (secondary N) is 1. The number of ether oxygens (including phenoxy) is 1. The minimum absolute atomic E-state index is 0.0237. The largest absolute Gasteiger partial charge is 0.465 e. The van der Waals surface area contributed by atoms with E-state index in [1.165, 1.54) is 49.6 Å². The number of nitro benzene ring substituents is 1. The van der Waals surface area contributed by atoms with Crippen LogP contribution in [0.3, 0.4) is 0 Å². The first-order valence-electron chi connectivity index (χ1n) is 6.36. The summed E-state index contributed by atoms with van der Waals surface area (Å²) < 4.78 is 18.3. The molecule has 22 heavy (non-hydrogen) atoms. The maximum Gasteiger partial charge on any atom is 0.337 e. The number of carbonyl (C=O) groups excluding carboxylic acids is 1. The van der Waals surface area contributed by atoms with Crippen molar-refractivity contribution in [1.29, 1.82) is 0 Å². The molecule has 0 amide bonds. The second kappa shape index (κ2) is 6.66. The molecule has 0 aliphatic carbocycles. The number of halogens is 1. The second-order valence-corrected chi connectivity index (χ2v) is 4.46. The number of nitro groups is 1. The Bertz CT molecular complexity index is 701. The van der Waals surface area contributed by atoms with Crippen molar-refractivity contribution in [2.75, 3.05) is 12.4 Å². The number of benzene rings is 2. The van der Waals surface area contributed by atoms with E-state index >= 15 is 0 Å². The zero-order valence-corrected chi connectivity index (χ0v) is 11.7. The highest BCUT2D eigenvalue weighted by Gasteiger charge is 2.10. The first-order chi connectivity index (χ1) is 10.5. The highest BCUT2D eigenvalue weighted by molar-refractivity contribution is 5.89. The van der Waals surface area contributed by atoms with Crippen molar-refractivity contribution >= 4 is 17.3 Å². The van der Waals surface area contributed by atoms with Gasteiger partial charge in [-0.05, 0) is 30.3 Å². The van der Waals surface area contributed by atoms with Gasteiger partial charge in [-0.15, -0.1) is 0 Å². The Balaban J connectivity index is 2.10. The second-order valence-electron chi connectivity index (χ2n) is 4.46. The molecular weight excluding hydrogens is 291 g/mol. The Morgan fingerprint density at radius 1 is 1.27 bits per heavy atom. The molecular formula is C15H13FN2O4. The van der Waals surface area contributed by atoms with E-state index in [4.69, 9.17) is 0 Å². The summed E-state index contributed by atoms with van der Waals surface area (Å²) in [5, 5.41) is 13.5. The molecule has 0 heterocycles. The van der Waals surface area contributed by atoms with E-state index in [1.807, 2.05) is 0 Å². The van der Waals surface area contributed by atoms with Crippen molar-refractivity contribution < 1.29 is 18.8 Å². The molecule has 6 nitrogen and oxygen atoms in total. The van der Waals surface area contributed by atoms with Crippen molar-refractivity contribution in [2.24, 2.45) is 0 Å². The summed E-state index contributed by atoms with van der Waals surface area (Å²) in [6, 6.07) is 9.70. The molecule has 2 aromatic carbocycles. The highest BCUT2D eigenvalue weighted by atomic mass is 19.1. The van der Waals surface area contributed by atoms with Crippen molar-refractivity contribution in [3.63, 3.8) is 0 Å². The van der Waals surface area contributed by atoms with Crippen LogP contribution in [0.4, 0.5) is 15.8 Å². The fourth-order valence-electron chi connectivity index (χ4n) is 1.85. The Hall–Kier alpha value is -2.96. The van der Waals surface area contributed by atoms with Crippen molar-refractivity contribution in [2.45, 2.75) is 6.54 Å². The minimum Gasteiger partial charge on any atom is -0.465 e. The van der Waals surface area contributed by atoms with E-state index in [-0.39, 0.29) is 17.8 Å². The molecule has 0 bridgehead atoms. The maximum atomic E-state index is 13.7. The van der Waals surface area contributed by atoms with Crippen molar-refractivity contribution in [3.05, 3.63) is 69.5 Å². The van der Waals surface area contributed by atoms with Crippen LogP contribution >= 0.6 is 0 Å². The van der Waals surface area contributed by atoms with Crippen LogP contribution in [0.5, 0.6) is 0 Å². The van der Waals surface area contributed by atoms with Crippen LogP contribution in [-0.4, -0.2) is 18.0 Å². The fourth-order valence-corrected chi connectivity index (χ4v) is 1.85. The molecule has 2 aromatic rings. The quantitative estimate of drug-likeness (QED) is 0.521. The van der Waals surface area contributed by atoms with Crippen molar-refractivity contribution in [1.82, 2.24) is 0 Å². The van der Waals surface area contributed by atoms with E-state index in [0.717, 1.165) is 0 Å². The molecule has 0 aromatic heterocycles. The van der Waals surface area contributed by atoms with E-state index in [1.54, 1.807) is 0 Å². The van der Waals surface area contributed by atoms with Crippen LogP contribution in [0.1, 0.15) is 15.9 Å². The normalized spacial score (nSPS) is 10.1. The van der Waals surface area contributed by atoms with Gasteiger partial charge in [0, 0.05) is 29.9 Å². The first-order valence-corrected chi connectivity index (χ1v) is 6.36. The maximum absolute atomic E-state index is 13.7. The van der Waals surface area contributed by atoms with Gasteiger partial charge in [0.15, 0.2) is 0 Å².